The van der Waals surface area contributed by atoms with E-state index >= 15 is 0 Å². The zero-order valence-electron chi connectivity index (χ0n) is 35.4. The summed E-state index contributed by atoms with van der Waals surface area (Å²) in [5.74, 6) is 1.78. The zero-order valence-corrected chi connectivity index (χ0v) is 37.0. The first kappa shape index (κ1) is 36.6. The van der Waals surface area contributed by atoms with Crippen molar-refractivity contribution < 1.29 is 4.74 Å². The monoisotopic (exact) mass is 874 g/mol. The summed E-state index contributed by atoms with van der Waals surface area (Å²) in [6, 6.07) is 78.4. The van der Waals surface area contributed by atoms with E-state index in [4.69, 9.17) is 4.74 Å². The molecule has 66 heavy (non-hydrogen) atoms. The van der Waals surface area contributed by atoms with E-state index in [1.165, 1.54) is 103 Å². The van der Waals surface area contributed by atoms with Crippen LogP contribution in [-0.2, 0) is 0 Å². The predicted molar refractivity (Wildman–Crippen MR) is 280 cm³/mol. The van der Waals surface area contributed by atoms with Crippen LogP contribution in [0.4, 0.5) is 11.4 Å². The maximum absolute atomic E-state index is 6.86. The number of ether oxygens (including phenoxy) is 1. The highest BCUT2D eigenvalue weighted by Gasteiger charge is 2.46. The van der Waals surface area contributed by atoms with Crippen molar-refractivity contribution in [2.75, 3.05) is 4.81 Å². The van der Waals surface area contributed by atoms with Crippen molar-refractivity contribution in [3.05, 3.63) is 212 Å². The lowest BCUT2D eigenvalue weighted by molar-refractivity contribution is 0.455. The molecule has 0 atom stereocenters. The number of anilines is 2. The van der Waals surface area contributed by atoms with Crippen LogP contribution in [0, 0.1) is 0 Å². The number of hydrogen-bond acceptors (Lipinski definition) is 4. The van der Waals surface area contributed by atoms with Crippen molar-refractivity contribution in [1.82, 2.24) is 4.57 Å². The second-order valence-corrected chi connectivity index (χ2v) is 19.7. The number of rotatable bonds is 4. The van der Waals surface area contributed by atoms with Gasteiger partial charge in [0.2, 0.25) is 0 Å². The van der Waals surface area contributed by atoms with E-state index in [0.29, 0.717) is 0 Å². The van der Waals surface area contributed by atoms with Gasteiger partial charge in [-0.05, 0) is 105 Å². The summed E-state index contributed by atoms with van der Waals surface area (Å²) >= 11 is 3.72. The number of benzene rings is 10. The smallest absolute Gasteiger partial charge is 0.333 e. The van der Waals surface area contributed by atoms with Gasteiger partial charge in [0.25, 0.3) is 0 Å². The molecule has 3 nitrogen and oxygen atoms in total. The third kappa shape index (κ3) is 5.22. The van der Waals surface area contributed by atoms with Crippen molar-refractivity contribution >= 4 is 94.2 Å². The molecule has 0 radical (unpaired) electrons. The first-order chi connectivity index (χ1) is 32.7. The molecule has 10 aromatic carbocycles. The van der Waals surface area contributed by atoms with Crippen LogP contribution in [-0.4, -0.2) is 11.4 Å². The number of aromatic nitrogens is 1. The lowest BCUT2D eigenvalue weighted by atomic mass is 9.43. The molecule has 3 aliphatic heterocycles. The predicted octanol–water partition coefficient (Wildman–Crippen LogP) is 15.6. The van der Waals surface area contributed by atoms with Crippen LogP contribution in [0.5, 0.6) is 11.5 Å². The van der Waals surface area contributed by atoms with E-state index in [0.717, 1.165) is 32.7 Å². The molecule has 0 saturated heterocycles. The molecule has 0 N–H and O–H groups in total. The molecule has 0 fully saturated rings. The fourth-order valence-electron chi connectivity index (χ4n) is 11.1. The van der Waals surface area contributed by atoms with Crippen molar-refractivity contribution in [2.45, 2.75) is 9.79 Å². The first-order valence-corrected chi connectivity index (χ1v) is 24.1. The van der Waals surface area contributed by atoms with Gasteiger partial charge in [0, 0.05) is 65.2 Å². The second-order valence-electron chi connectivity index (χ2n) is 17.6. The normalized spacial score (nSPS) is 13.2. The number of thiophene rings is 1. The summed E-state index contributed by atoms with van der Waals surface area (Å²) in [7, 11) is 0. The molecule has 0 saturated carbocycles. The van der Waals surface area contributed by atoms with E-state index < -0.39 is 0 Å². The Morgan fingerprint density at radius 1 is 0.439 bits per heavy atom. The summed E-state index contributed by atoms with van der Waals surface area (Å²) < 4.78 is 12.1. The fraction of sp³-hybridized carbons (Fsp3) is 0. The first-order valence-electron chi connectivity index (χ1n) is 22.5. The zero-order chi connectivity index (χ0) is 43.0. The Morgan fingerprint density at radius 3 is 1.88 bits per heavy atom. The highest BCUT2D eigenvalue weighted by Crippen LogP contribution is 2.55. The molecule has 6 heteroatoms. The maximum atomic E-state index is 6.86. The fourth-order valence-corrected chi connectivity index (χ4v) is 13.3. The van der Waals surface area contributed by atoms with Crippen LogP contribution >= 0.6 is 23.1 Å². The molecule has 2 aromatic heterocycles. The lowest BCUT2D eigenvalue weighted by Crippen LogP contribution is -2.60. The average molecular weight is 875 g/mol. The van der Waals surface area contributed by atoms with Gasteiger partial charge in [-0.25, -0.2) is 0 Å². The number of nitrogens with zero attached hydrogens (tertiary/aromatic N) is 2. The van der Waals surface area contributed by atoms with Gasteiger partial charge >= 0.3 is 6.85 Å². The van der Waals surface area contributed by atoms with E-state index in [1.54, 1.807) is 11.8 Å². The average Bonchev–Trinajstić information content (AvgIpc) is 3.92. The minimum Gasteiger partial charge on any atom is -0.455 e. The molecule has 0 aliphatic carbocycles. The third-order valence-electron chi connectivity index (χ3n) is 14.0. The molecular weight excluding hydrogens is 840 g/mol. The van der Waals surface area contributed by atoms with Crippen LogP contribution in [0.2, 0.25) is 0 Å². The largest absolute Gasteiger partial charge is 0.455 e. The van der Waals surface area contributed by atoms with Gasteiger partial charge in [0.15, 0.2) is 0 Å². The maximum Gasteiger partial charge on any atom is 0.333 e. The molecule has 3 aliphatic rings. The number of hydrogen-bond donors (Lipinski definition) is 0. The van der Waals surface area contributed by atoms with Gasteiger partial charge in [-0.15, -0.1) is 11.3 Å². The van der Waals surface area contributed by atoms with Crippen molar-refractivity contribution in [1.29, 1.82) is 0 Å². The van der Waals surface area contributed by atoms with Crippen LogP contribution < -0.4 is 20.5 Å². The standard InChI is InChI=1S/C60H35BN2OS2/c1-4-14-36(15-5-1)39-24-27-42(28-25-39)63-50-35-53-56(65-55-23-13-11-21-52(55)64-53)34-47(50)57-58-51(33-46-43-20-10-12-22-54(43)66-60(46)57)62-49-29-26-40(37-16-6-2-7-17-37)30-44(49)45-31-41(38-18-8-3-9-19-38)32-48(59(45)62)61(58)63/h1-35H. The van der Waals surface area contributed by atoms with Crippen molar-refractivity contribution in [3.8, 4) is 61.7 Å². The van der Waals surface area contributed by atoms with Crippen molar-refractivity contribution in [2.24, 2.45) is 0 Å². The Kier molecular flexibility index (Phi) is 7.68. The topological polar surface area (TPSA) is 17.4 Å². The summed E-state index contributed by atoms with van der Waals surface area (Å²) in [5, 5.41) is 5.10. The minimum atomic E-state index is -0.169. The quantitative estimate of drug-likeness (QED) is 0.164. The van der Waals surface area contributed by atoms with Gasteiger partial charge in [-0.2, -0.15) is 0 Å². The highest BCUT2D eigenvalue weighted by molar-refractivity contribution is 7.99. The lowest BCUT2D eigenvalue weighted by Gasteiger charge is -2.43. The van der Waals surface area contributed by atoms with Gasteiger partial charge in [0.05, 0.1) is 20.8 Å². The number of para-hydroxylation sites is 1. The Balaban J connectivity index is 1.10. The Labute approximate surface area is 389 Å². The van der Waals surface area contributed by atoms with Gasteiger partial charge in [-0.1, -0.05) is 157 Å². The van der Waals surface area contributed by atoms with Crippen LogP contribution in [0.3, 0.4) is 0 Å². The molecular formula is C60H35BN2OS2. The Morgan fingerprint density at radius 2 is 1.09 bits per heavy atom. The highest BCUT2D eigenvalue weighted by atomic mass is 32.2. The molecule has 0 amide bonds. The third-order valence-corrected chi connectivity index (χ3v) is 16.3. The van der Waals surface area contributed by atoms with E-state index in [-0.39, 0.29) is 6.85 Å². The van der Waals surface area contributed by atoms with E-state index in [2.05, 4.69) is 222 Å². The van der Waals surface area contributed by atoms with Crippen LogP contribution in [0.15, 0.2) is 222 Å². The van der Waals surface area contributed by atoms with Crippen LogP contribution in [0.1, 0.15) is 0 Å². The SMILES string of the molecule is c1ccc(-c2ccc(N3B4c5c(cc6c(sc7ccccc76)c5-c5cc6c(cc53)Oc3ccccc3S6)-n3c5ccc(-c6ccccc6)cc5c5cc(-c6ccccc6)cc4c53)cc2)cc1. The minimum absolute atomic E-state index is 0.169. The molecule has 12 aromatic rings. The summed E-state index contributed by atoms with van der Waals surface area (Å²) in [6.07, 6.45) is 0. The van der Waals surface area contributed by atoms with Gasteiger partial charge < -0.3 is 14.1 Å². The van der Waals surface area contributed by atoms with Gasteiger partial charge in [-0.3, -0.25) is 0 Å². The number of fused-ring (bicyclic) bond motifs is 13. The van der Waals surface area contributed by atoms with Crippen LogP contribution in [0.25, 0.3) is 92.2 Å². The molecule has 0 spiro atoms. The Hall–Kier alpha value is -7.77. The summed E-state index contributed by atoms with van der Waals surface area (Å²) in [5.41, 5.74) is 18.4. The van der Waals surface area contributed by atoms with Crippen molar-refractivity contribution in [3.63, 3.8) is 0 Å². The van der Waals surface area contributed by atoms with E-state index in [9.17, 15) is 0 Å². The summed E-state index contributed by atoms with van der Waals surface area (Å²) in [6.45, 7) is -0.169. The van der Waals surface area contributed by atoms with E-state index in [1.807, 2.05) is 11.3 Å². The second kappa shape index (κ2) is 13.9. The molecule has 0 unspecified atom stereocenters. The molecule has 5 heterocycles. The Bertz CT molecular complexity index is 3990. The summed E-state index contributed by atoms with van der Waals surface area (Å²) in [4.78, 5) is 4.89. The molecule has 15 rings (SSSR count). The van der Waals surface area contributed by atoms with Gasteiger partial charge in [0.1, 0.15) is 11.5 Å². The molecule has 0 bridgehead atoms. The molecule has 306 valence electrons.